The average molecular weight is 494 g/mol. The molecule has 0 saturated heterocycles. The minimum Gasteiger partial charge on any atom is -0.274 e. The highest BCUT2D eigenvalue weighted by atomic mass is 32.2. The Morgan fingerprint density at radius 1 is 1.15 bits per heavy atom. The number of H-pyrrole nitrogens is 1. The lowest BCUT2D eigenvalue weighted by atomic mass is 10.0. The van der Waals surface area contributed by atoms with E-state index in [0.717, 1.165) is 34.5 Å². The number of rotatable bonds is 8. The zero-order valence-electron chi connectivity index (χ0n) is 19.7. The molecule has 0 bridgehead atoms. The second kappa shape index (κ2) is 10.4. The maximum atomic E-state index is 12.6. The number of benzene rings is 2. The highest BCUT2D eigenvalue weighted by Gasteiger charge is 2.22. The SMILES string of the molecule is CC(=O)N(c1nc(CSc2n[nH]c(=O)n2CCc2ccccc2)cs1)c1c(C)cc(C)cc1C. The van der Waals surface area contributed by atoms with E-state index in [9.17, 15) is 9.59 Å². The van der Waals surface area contributed by atoms with Crippen molar-refractivity contribution in [2.45, 2.75) is 51.6 Å². The minimum absolute atomic E-state index is 0.0781. The topological polar surface area (TPSA) is 83.9 Å². The number of amides is 1. The summed E-state index contributed by atoms with van der Waals surface area (Å²) in [4.78, 5) is 31.3. The molecule has 0 aliphatic carbocycles. The summed E-state index contributed by atoms with van der Waals surface area (Å²) in [6.07, 6.45) is 0.748. The summed E-state index contributed by atoms with van der Waals surface area (Å²) in [7, 11) is 0. The first-order chi connectivity index (χ1) is 16.3. The van der Waals surface area contributed by atoms with Gasteiger partial charge < -0.3 is 0 Å². The summed E-state index contributed by atoms with van der Waals surface area (Å²) in [5, 5.41) is 9.97. The van der Waals surface area contributed by atoms with E-state index in [1.165, 1.54) is 28.7 Å². The molecule has 0 radical (unpaired) electrons. The fraction of sp³-hybridized carbons (Fsp3) is 0.280. The normalized spacial score (nSPS) is 11.1. The van der Waals surface area contributed by atoms with Crippen molar-refractivity contribution in [1.29, 1.82) is 0 Å². The predicted octanol–water partition coefficient (Wildman–Crippen LogP) is 5.17. The molecule has 9 heteroatoms. The number of carbonyl (C=O) groups is 1. The lowest BCUT2D eigenvalue weighted by molar-refractivity contribution is -0.115. The van der Waals surface area contributed by atoms with Crippen molar-refractivity contribution >= 4 is 39.8 Å². The van der Waals surface area contributed by atoms with Gasteiger partial charge in [0.25, 0.3) is 0 Å². The quantitative estimate of drug-likeness (QED) is 0.342. The van der Waals surface area contributed by atoms with Crippen LogP contribution < -0.4 is 10.6 Å². The first-order valence-corrected chi connectivity index (χ1v) is 12.8. The van der Waals surface area contributed by atoms with Gasteiger partial charge in [-0.1, -0.05) is 59.8 Å². The molecule has 34 heavy (non-hydrogen) atoms. The Morgan fingerprint density at radius 2 is 1.85 bits per heavy atom. The number of hydrogen-bond donors (Lipinski definition) is 1. The molecule has 7 nitrogen and oxygen atoms in total. The first kappa shape index (κ1) is 24.0. The molecule has 0 aliphatic heterocycles. The maximum absolute atomic E-state index is 12.6. The molecule has 0 fully saturated rings. The van der Waals surface area contributed by atoms with Gasteiger partial charge in [0.15, 0.2) is 10.3 Å². The van der Waals surface area contributed by atoms with E-state index in [0.29, 0.717) is 22.6 Å². The van der Waals surface area contributed by atoms with Gasteiger partial charge in [-0.25, -0.2) is 14.9 Å². The molecular formula is C25H27N5O2S2. The molecular weight excluding hydrogens is 466 g/mol. The van der Waals surface area contributed by atoms with E-state index in [1.54, 1.807) is 16.4 Å². The van der Waals surface area contributed by atoms with Crippen molar-refractivity contribution in [3.63, 3.8) is 0 Å². The van der Waals surface area contributed by atoms with Crippen LogP contribution >= 0.6 is 23.1 Å². The van der Waals surface area contributed by atoms with Crippen LogP contribution in [0, 0.1) is 20.8 Å². The molecule has 0 spiro atoms. The van der Waals surface area contributed by atoms with Gasteiger partial charge in [0.05, 0.1) is 11.4 Å². The van der Waals surface area contributed by atoms with Crippen LogP contribution in [0.4, 0.5) is 10.8 Å². The van der Waals surface area contributed by atoms with E-state index < -0.39 is 0 Å². The Labute approximate surface area is 206 Å². The van der Waals surface area contributed by atoms with E-state index >= 15 is 0 Å². The maximum Gasteiger partial charge on any atom is 0.343 e. The van der Waals surface area contributed by atoms with Crippen LogP contribution in [-0.4, -0.2) is 25.7 Å². The van der Waals surface area contributed by atoms with E-state index in [2.05, 4.69) is 29.3 Å². The summed E-state index contributed by atoms with van der Waals surface area (Å²) in [6.45, 7) is 8.19. The number of hydrogen-bond acceptors (Lipinski definition) is 6. The van der Waals surface area contributed by atoms with Gasteiger partial charge in [-0.05, 0) is 43.9 Å². The van der Waals surface area contributed by atoms with Crippen molar-refractivity contribution < 1.29 is 4.79 Å². The van der Waals surface area contributed by atoms with Crippen molar-refractivity contribution in [2.24, 2.45) is 0 Å². The fourth-order valence-electron chi connectivity index (χ4n) is 4.01. The van der Waals surface area contributed by atoms with Crippen molar-refractivity contribution in [1.82, 2.24) is 19.7 Å². The van der Waals surface area contributed by atoms with Crippen LogP contribution in [0.25, 0.3) is 0 Å². The number of nitrogens with zero attached hydrogens (tertiary/aromatic N) is 4. The van der Waals surface area contributed by atoms with Gasteiger partial charge in [-0.3, -0.25) is 14.3 Å². The Bertz CT molecular complexity index is 1330. The Balaban J connectivity index is 1.49. The monoisotopic (exact) mass is 493 g/mol. The third kappa shape index (κ3) is 5.31. The van der Waals surface area contributed by atoms with Gasteiger partial charge in [-0.2, -0.15) is 0 Å². The third-order valence-electron chi connectivity index (χ3n) is 5.44. The van der Waals surface area contributed by atoms with Crippen LogP contribution in [0.2, 0.25) is 0 Å². The van der Waals surface area contributed by atoms with Crippen LogP contribution in [0.5, 0.6) is 0 Å². The molecule has 2 aromatic carbocycles. The van der Waals surface area contributed by atoms with Gasteiger partial charge in [0, 0.05) is 24.6 Å². The molecule has 176 valence electrons. The lowest BCUT2D eigenvalue weighted by Gasteiger charge is -2.23. The molecule has 0 atom stereocenters. The van der Waals surface area contributed by atoms with Crippen molar-refractivity contribution in [3.05, 3.63) is 86.3 Å². The number of thioether (sulfide) groups is 1. The van der Waals surface area contributed by atoms with E-state index in [-0.39, 0.29) is 11.6 Å². The predicted molar refractivity (Wildman–Crippen MR) is 138 cm³/mol. The van der Waals surface area contributed by atoms with Gasteiger partial charge >= 0.3 is 5.69 Å². The van der Waals surface area contributed by atoms with Gasteiger partial charge in [0.2, 0.25) is 5.91 Å². The van der Waals surface area contributed by atoms with Crippen molar-refractivity contribution in [2.75, 3.05) is 4.90 Å². The molecule has 2 heterocycles. The summed E-state index contributed by atoms with van der Waals surface area (Å²) < 4.78 is 1.66. The Morgan fingerprint density at radius 3 is 2.53 bits per heavy atom. The highest BCUT2D eigenvalue weighted by molar-refractivity contribution is 7.98. The zero-order valence-corrected chi connectivity index (χ0v) is 21.3. The van der Waals surface area contributed by atoms with Gasteiger partial charge in [0.1, 0.15) is 0 Å². The molecule has 1 N–H and O–H groups in total. The molecule has 0 saturated carbocycles. The number of aromatic nitrogens is 4. The second-order valence-electron chi connectivity index (χ2n) is 8.21. The van der Waals surface area contributed by atoms with E-state index in [4.69, 9.17) is 4.98 Å². The zero-order chi connectivity index (χ0) is 24.2. The standard InChI is InChI=1S/C25H27N5O2S2/c1-16-12-17(2)22(18(3)13-16)30(19(4)31)24-26-21(14-33-24)15-34-25-28-27-23(32)29(25)11-10-20-8-6-5-7-9-20/h5-9,12-14H,10-11,15H2,1-4H3,(H,27,32). The third-order valence-corrected chi connectivity index (χ3v) is 7.33. The smallest absolute Gasteiger partial charge is 0.274 e. The van der Waals surface area contributed by atoms with Crippen LogP contribution in [0.1, 0.15) is 34.9 Å². The van der Waals surface area contributed by atoms with Crippen LogP contribution in [-0.2, 0) is 23.5 Å². The van der Waals surface area contributed by atoms with Crippen LogP contribution in [0.3, 0.4) is 0 Å². The highest BCUT2D eigenvalue weighted by Crippen LogP contribution is 2.35. The molecule has 0 unspecified atom stereocenters. The Kier molecular flexibility index (Phi) is 7.33. The van der Waals surface area contributed by atoms with Crippen molar-refractivity contribution in [3.8, 4) is 0 Å². The number of thiazole rings is 1. The largest absolute Gasteiger partial charge is 0.343 e. The number of nitrogens with one attached hydrogen (secondary N) is 1. The molecule has 2 aromatic heterocycles. The summed E-state index contributed by atoms with van der Waals surface area (Å²) in [6, 6.07) is 14.2. The van der Waals surface area contributed by atoms with Gasteiger partial charge in [-0.15, -0.1) is 16.4 Å². The lowest BCUT2D eigenvalue weighted by Crippen LogP contribution is -2.24. The molecule has 0 aliphatic rings. The van der Waals surface area contributed by atoms with E-state index in [1.807, 2.05) is 49.6 Å². The second-order valence-corrected chi connectivity index (χ2v) is 9.99. The average Bonchev–Trinajstić information content (AvgIpc) is 3.40. The number of aryl methyl sites for hydroxylation is 4. The number of anilines is 2. The molecule has 4 aromatic rings. The van der Waals surface area contributed by atoms with Crippen LogP contribution in [0.15, 0.2) is 57.8 Å². The summed E-state index contributed by atoms with van der Waals surface area (Å²) in [5.41, 5.74) is 5.91. The summed E-state index contributed by atoms with van der Waals surface area (Å²) in [5.74, 6) is 0.467. The number of carbonyl (C=O) groups excluding carboxylic acids is 1. The fourth-order valence-corrected chi connectivity index (χ4v) is 5.86. The Hall–Kier alpha value is -3.17. The molecule has 1 amide bonds. The summed E-state index contributed by atoms with van der Waals surface area (Å²) >= 11 is 2.89. The number of aromatic amines is 1. The first-order valence-electron chi connectivity index (χ1n) is 11.0. The minimum atomic E-state index is -0.217. The molecule has 4 rings (SSSR count).